The molecule has 0 atom stereocenters. The van der Waals surface area contributed by atoms with Crippen LogP contribution in [0.3, 0.4) is 0 Å². The van der Waals surface area contributed by atoms with Gasteiger partial charge in [0.2, 0.25) is 0 Å². The first-order chi connectivity index (χ1) is 11.3. The number of nitrogens with zero attached hydrogens (tertiary/aromatic N) is 1. The lowest BCUT2D eigenvalue weighted by Crippen LogP contribution is -2.00. The van der Waals surface area contributed by atoms with Gasteiger partial charge in [-0.25, -0.2) is 0 Å². The van der Waals surface area contributed by atoms with Gasteiger partial charge in [-0.3, -0.25) is 9.78 Å². The number of fused-ring (bicyclic) bond motifs is 1. The van der Waals surface area contributed by atoms with Crippen molar-refractivity contribution in [3.05, 3.63) is 66.4 Å². The van der Waals surface area contributed by atoms with Gasteiger partial charge in [-0.1, -0.05) is 18.2 Å². The number of benzene rings is 2. The first kappa shape index (κ1) is 15.6. The van der Waals surface area contributed by atoms with Crippen LogP contribution in [0.1, 0.15) is 16.8 Å². The highest BCUT2D eigenvalue weighted by atomic mass is 32.2. The van der Waals surface area contributed by atoms with Gasteiger partial charge in [-0.2, -0.15) is 0 Å². The summed E-state index contributed by atoms with van der Waals surface area (Å²) in [5.41, 5.74) is 1.71. The second kappa shape index (κ2) is 7.29. The maximum absolute atomic E-state index is 12.2. The van der Waals surface area contributed by atoms with E-state index in [0.29, 0.717) is 6.42 Å². The number of thioether (sulfide) groups is 1. The van der Waals surface area contributed by atoms with E-state index in [9.17, 15) is 4.79 Å². The number of carbonyl (C=O) groups is 1. The second-order valence-electron chi connectivity index (χ2n) is 5.08. The lowest BCUT2D eigenvalue weighted by Gasteiger charge is -2.06. The average molecular weight is 323 g/mol. The van der Waals surface area contributed by atoms with E-state index in [1.54, 1.807) is 18.9 Å². The number of ketones is 1. The normalized spacial score (nSPS) is 10.7. The first-order valence-electron chi connectivity index (χ1n) is 7.42. The van der Waals surface area contributed by atoms with E-state index in [1.165, 1.54) is 0 Å². The van der Waals surface area contributed by atoms with Crippen LogP contribution < -0.4 is 4.74 Å². The largest absolute Gasteiger partial charge is 0.497 e. The molecule has 23 heavy (non-hydrogen) atoms. The summed E-state index contributed by atoms with van der Waals surface area (Å²) in [6, 6.07) is 17.3. The molecule has 0 aliphatic rings. The third-order valence-electron chi connectivity index (χ3n) is 3.61. The average Bonchev–Trinajstić information content (AvgIpc) is 2.62. The van der Waals surface area contributed by atoms with Crippen LogP contribution in [0.15, 0.2) is 65.7 Å². The Labute approximate surface area is 139 Å². The lowest BCUT2D eigenvalue weighted by atomic mass is 10.1. The molecule has 0 fully saturated rings. The minimum Gasteiger partial charge on any atom is -0.497 e. The smallest absolute Gasteiger partial charge is 0.163 e. The number of para-hydroxylation sites is 1. The number of ether oxygens (including phenoxy) is 1. The Kier molecular flexibility index (Phi) is 4.93. The number of rotatable bonds is 6. The van der Waals surface area contributed by atoms with Gasteiger partial charge in [0.15, 0.2) is 5.78 Å². The van der Waals surface area contributed by atoms with E-state index in [0.717, 1.165) is 32.9 Å². The molecule has 0 saturated heterocycles. The molecule has 0 saturated carbocycles. The topological polar surface area (TPSA) is 39.2 Å². The number of pyridine rings is 1. The molecule has 0 amide bonds. The highest BCUT2D eigenvalue weighted by Crippen LogP contribution is 2.27. The zero-order valence-corrected chi connectivity index (χ0v) is 13.7. The molecule has 0 unspecified atom stereocenters. The fraction of sp³-hybridized carbons (Fsp3) is 0.158. The van der Waals surface area contributed by atoms with Crippen molar-refractivity contribution in [1.29, 1.82) is 0 Å². The van der Waals surface area contributed by atoms with Crippen LogP contribution in [0.4, 0.5) is 0 Å². The number of methoxy groups -OCH3 is 1. The molecule has 0 bridgehead atoms. The molecule has 0 aliphatic carbocycles. The molecular weight excluding hydrogens is 306 g/mol. The summed E-state index contributed by atoms with van der Waals surface area (Å²) >= 11 is 1.70. The summed E-state index contributed by atoms with van der Waals surface area (Å²) in [4.78, 5) is 17.8. The van der Waals surface area contributed by atoms with Gasteiger partial charge in [0.1, 0.15) is 5.75 Å². The highest BCUT2D eigenvalue weighted by Gasteiger charge is 2.07. The van der Waals surface area contributed by atoms with Gasteiger partial charge in [-0.05, 0) is 36.4 Å². The summed E-state index contributed by atoms with van der Waals surface area (Å²) in [5, 5.41) is 1.14. The van der Waals surface area contributed by atoms with E-state index >= 15 is 0 Å². The quantitative estimate of drug-likeness (QED) is 0.490. The van der Waals surface area contributed by atoms with Crippen molar-refractivity contribution in [2.75, 3.05) is 12.9 Å². The van der Waals surface area contributed by atoms with Crippen molar-refractivity contribution in [1.82, 2.24) is 4.98 Å². The fourth-order valence-electron chi connectivity index (χ4n) is 2.37. The van der Waals surface area contributed by atoms with Crippen molar-refractivity contribution in [2.45, 2.75) is 11.3 Å². The zero-order chi connectivity index (χ0) is 16.1. The van der Waals surface area contributed by atoms with Crippen molar-refractivity contribution in [3.8, 4) is 5.75 Å². The first-order valence-corrected chi connectivity index (χ1v) is 8.40. The van der Waals surface area contributed by atoms with Gasteiger partial charge in [0.05, 0.1) is 12.6 Å². The molecule has 0 N–H and O–H groups in total. The van der Waals surface area contributed by atoms with Gasteiger partial charge in [0.25, 0.3) is 0 Å². The SMILES string of the molecule is COc1ccc(C(=O)CCSc2ccnc3ccccc23)cc1. The van der Waals surface area contributed by atoms with Crippen LogP contribution >= 0.6 is 11.8 Å². The van der Waals surface area contributed by atoms with Crippen LogP contribution in [0.5, 0.6) is 5.75 Å². The van der Waals surface area contributed by atoms with E-state index in [1.807, 2.05) is 54.7 Å². The van der Waals surface area contributed by atoms with Crippen LogP contribution in [0.2, 0.25) is 0 Å². The monoisotopic (exact) mass is 323 g/mol. The number of aromatic nitrogens is 1. The summed E-state index contributed by atoms with van der Waals surface area (Å²) < 4.78 is 5.11. The Morgan fingerprint density at radius 1 is 1.09 bits per heavy atom. The van der Waals surface area contributed by atoms with Gasteiger partial charge < -0.3 is 4.74 Å². The molecule has 3 rings (SSSR count). The highest BCUT2D eigenvalue weighted by molar-refractivity contribution is 7.99. The molecule has 4 heteroatoms. The molecule has 0 spiro atoms. The van der Waals surface area contributed by atoms with E-state index in [2.05, 4.69) is 11.1 Å². The number of carbonyl (C=O) groups excluding carboxylic acids is 1. The summed E-state index contributed by atoms with van der Waals surface area (Å²) in [5.74, 6) is 1.66. The molecule has 3 aromatic rings. The molecule has 3 nitrogen and oxygen atoms in total. The van der Waals surface area contributed by atoms with Crippen molar-refractivity contribution in [2.24, 2.45) is 0 Å². The third kappa shape index (κ3) is 3.71. The zero-order valence-electron chi connectivity index (χ0n) is 12.9. The molecule has 1 aromatic heterocycles. The number of hydrogen-bond acceptors (Lipinski definition) is 4. The minimum absolute atomic E-state index is 0.151. The summed E-state index contributed by atoms with van der Waals surface area (Å²) in [6.45, 7) is 0. The van der Waals surface area contributed by atoms with Crippen LogP contribution in [-0.2, 0) is 0 Å². The Balaban J connectivity index is 1.63. The fourth-order valence-corrected chi connectivity index (χ4v) is 3.36. The van der Waals surface area contributed by atoms with Crippen LogP contribution in [0, 0.1) is 0 Å². The van der Waals surface area contributed by atoms with Crippen molar-refractivity contribution in [3.63, 3.8) is 0 Å². The Bertz CT molecular complexity index is 810. The van der Waals surface area contributed by atoms with E-state index in [4.69, 9.17) is 4.74 Å². The maximum Gasteiger partial charge on any atom is 0.163 e. The van der Waals surface area contributed by atoms with Gasteiger partial charge in [-0.15, -0.1) is 11.8 Å². The minimum atomic E-state index is 0.151. The Hall–Kier alpha value is -2.33. The third-order valence-corrected chi connectivity index (χ3v) is 4.68. The van der Waals surface area contributed by atoms with E-state index in [-0.39, 0.29) is 5.78 Å². The van der Waals surface area contributed by atoms with Crippen molar-refractivity contribution < 1.29 is 9.53 Å². The molecule has 1 heterocycles. The van der Waals surface area contributed by atoms with Crippen molar-refractivity contribution >= 4 is 28.4 Å². The second-order valence-corrected chi connectivity index (χ2v) is 6.21. The number of Topliss-reactive ketones (excluding diaryl/α,β-unsaturated/α-hetero) is 1. The Morgan fingerprint density at radius 2 is 1.87 bits per heavy atom. The molecule has 116 valence electrons. The molecule has 2 aromatic carbocycles. The van der Waals surface area contributed by atoms with Crippen LogP contribution in [0.25, 0.3) is 10.9 Å². The summed E-state index contributed by atoms with van der Waals surface area (Å²) in [6.07, 6.45) is 2.32. The molecule has 0 radical (unpaired) electrons. The van der Waals surface area contributed by atoms with E-state index < -0.39 is 0 Å². The summed E-state index contributed by atoms with van der Waals surface area (Å²) in [7, 11) is 1.62. The van der Waals surface area contributed by atoms with Gasteiger partial charge in [0, 0.05) is 34.2 Å². The predicted molar refractivity (Wildman–Crippen MR) is 94.4 cm³/mol. The maximum atomic E-state index is 12.2. The number of hydrogen-bond donors (Lipinski definition) is 0. The predicted octanol–water partition coefficient (Wildman–Crippen LogP) is 4.61. The van der Waals surface area contributed by atoms with Gasteiger partial charge >= 0.3 is 0 Å². The van der Waals surface area contributed by atoms with Crippen LogP contribution in [-0.4, -0.2) is 23.6 Å². The molecular formula is C19H17NO2S. The Morgan fingerprint density at radius 3 is 2.65 bits per heavy atom. The molecule has 0 aliphatic heterocycles. The standard InChI is InChI=1S/C19H17NO2S/c1-22-15-8-6-14(7-9-15)18(21)11-13-23-19-10-12-20-17-5-3-2-4-16(17)19/h2-10,12H,11,13H2,1H3. The lowest BCUT2D eigenvalue weighted by molar-refractivity contribution is 0.0989.